The number of halogens is 1. The zero-order valence-electron chi connectivity index (χ0n) is 9.58. The molecule has 0 bridgehead atoms. The van der Waals surface area contributed by atoms with Gasteiger partial charge in [-0.3, -0.25) is 4.79 Å². The highest BCUT2D eigenvalue weighted by Crippen LogP contribution is 2.25. The number of thiol groups is 1. The van der Waals surface area contributed by atoms with Gasteiger partial charge in [0.15, 0.2) is 0 Å². The van der Waals surface area contributed by atoms with Crippen LogP contribution in [0.5, 0.6) is 0 Å². The summed E-state index contributed by atoms with van der Waals surface area (Å²) < 4.78 is 0. The molecule has 1 rings (SSSR count). The van der Waals surface area contributed by atoms with Gasteiger partial charge in [-0.25, -0.2) is 0 Å². The number of rotatable bonds is 6. The molecule has 0 heterocycles. The summed E-state index contributed by atoms with van der Waals surface area (Å²) in [5.41, 5.74) is 0.865. The molecule has 0 aromatic heterocycles. The second kappa shape index (κ2) is 6.99. The number of aliphatic carboxylic acids is 1. The Morgan fingerprint density at radius 1 is 1.39 bits per heavy atom. The van der Waals surface area contributed by atoms with E-state index in [-0.39, 0.29) is 6.42 Å². The Morgan fingerprint density at radius 2 is 2.06 bits per heavy atom. The molecule has 100 valence electrons. The summed E-state index contributed by atoms with van der Waals surface area (Å²) >= 11 is 9.84. The number of carboxylic acids is 1. The van der Waals surface area contributed by atoms with Gasteiger partial charge in [-0.1, -0.05) is 23.7 Å². The van der Waals surface area contributed by atoms with E-state index in [1.807, 2.05) is 0 Å². The molecule has 2 unspecified atom stereocenters. The van der Waals surface area contributed by atoms with Crippen LogP contribution in [0.25, 0.3) is 0 Å². The Labute approximate surface area is 116 Å². The first-order chi connectivity index (χ1) is 8.45. The first-order valence-electron chi connectivity index (χ1n) is 5.42. The molecule has 3 N–H and O–H groups in total. The average molecular weight is 291 g/mol. The number of aliphatic hydroxyl groups is 2. The van der Waals surface area contributed by atoms with Crippen LogP contribution >= 0.6 is 24.2 Å². The smallest absolute Gasteiger partial charge is 0.307 e. The average Bonchev–Trinajstić information content (AvgIpc) is 2.31. The summed E-state index contributed by atoms with van der Waals surface area (Å²) in [6.07, 6.45) is -1.87. The molecule has 18 heavy (non-hydrogen) atoms. The largest absolute Gasteiger partial charge is 0.481 e. The number of aliphatic hydroxyl groups excluding tert-OH is 2. The van der Waals surface area contributed by atoms with Gasteiger partial charge in [0.1, 0.15) is 6.10 Å². The fourth-order valence-electron chi connectivity index (χ4n) is 1.59. The molecule has 1 aromatic rings. The predicted octanol–water partition coefficient (Wildman–Crippen LogP) is 1.68. The van der Waals surface area contributed by atoms with Gasteiger partial charge in [0.25, 0.3) is 0 Å². The van der Waals surface area contributed by atoms with E-state index in [9.17, 15) is 15.0 Å². The maximum Gasteiger partial charge on any atom is 0.307 e. The van der Waals surface area contributed by atoms with Crippen molar-refractivity contribution in [3.63, 3.8) is 0 Å². The van der Waals surface area contributed by atoms with Crippen LogP contribution in [-0.4, -0.2) is 33.1 Å². The van der Waals surface area contributed by atoms with Crippen molar-refractivity contribution in [3.8, 4) is 0 Å². The fourth-order valence-corrected chi connectivity index (χ4v) is 2.04. The molecule has 4 nitrogen and oxygen atoms in total. The van der Waals surface area contributed by atoms with Gasteiger partial charge in [0, 0.05) is 5.02 Å². The molecule has 1 aromatic carbocycles. The third-order valence-electron chi connectivity index (χ3n) is 2.54. The monoisotopic (exact) mass is 290 g/mol. The zero-order chi connectivity index (χ0) is 13.7. The van der Waals surface area contributed by atoms with Crippen LogP contribution in [0.15, 0.2) is 18.2 Å². The van der Waals surface area contributed by atoms with Crippen LogP contribution in [0.4, 0.5) is 0 Å². The number of benzene rings is 1. The van der Waals surface area contributed by atoms with E-state index in [2.05, 4.69) is 12.6 Å². The normalized spacial score (nSPS) is 14.2. The molecule has 0 amide bonds. The van der Waals surface area contributed by atoms with Gasteiger partial charge < -0.3 is 15.3 Å². The van der Waals surface area contributed by atoms with E-state index < -0.39 is 18.2 Å². The molecule has 6 heteroatoms. The predicted molar refractivity (Wildman–Crippen MR) is 72.2 cm³/mol. The van der Waals surface area contributed by atoms with Crippen molar-refractivity contribution in [2.75, 3.05) is 5.75 Å². The molecule has 0 radical (unpaired) electrons. The molecule has 0 saturated carbocycles. The van der Waals surface area contributed by atoms with Crippen LogP contribution < -0.4 is 0 Å². The first-order valence-corrected chi connectivity index (χ1v) is 6.44. The lowest BCUT2D eigenvalue weighted by Gasteiger charge is -2.18. The zero-order valence-corrected chi connectivity index (χ0v) is 11.2. The lowest BCUT2D eigenvalue weighted by atomic mass is 9.99. The lowest BCUT2D eigenvalue weighted by molar-refractivity contribution is -0.136. The molecule has 0 aliphatic heterocycles. The molecule has 0 spiro atoms. The number of hydrogen-bond donors (Lipinski definition) is 4. The standard InChI is InChI=1S/C12H15ClO4S/c13-9-2-1-7(5-8(9)6-11(15)16)12(17)10(14)3-4-18/h1-2,5,10,12,14,17-18H,3-4,6H2,(H,15,16). The first kappa shape index (κ1) is 15.3. The second-order valence-corrected chi connectivity index (χ2v) is 4.80. The lowest BCUT2D eigenvalue weighted by Crippen LogP contribution is -2.19. The minimum Gasteiger partial charge on any atom is -0.481 e. The minimum absolute atomic E-state index is 0.220. The Morgan fingerprint density at radius 3 is 2.61 bits per heavy atom. The minimum atomic E-state index is -1.07. The highest BCUT2D eigenvalue weighted by molar-refractivity contribution is 7.80. The van der Waals surface area contributed by atoms with E-state index in [1.165, 1.54) is 12.1 Å². The van der Waals surface area contributed by atoms with Crippen LogP contribution in [-0.2, 0) is 11.2 Å². The summed E-state index contributed by atoms with van der Waals surface area (Å²) in [5, 5.41) is 28.6. The van der Waals surface area contributed by atoms with Crippen molar-refractivity contribution in [2.24, 2.45) is 0 Å². The van der Waals surface area contributed by atoms with Crippen molar-refractivity contribution in [1.29, 1.82) is 0 Å². The molecular weight excluding hydrogens is 276 g/mol. The number of carboxylic acid groups (broad SMARTS) is 1. The quantitative estimate of drug-likeness (QED) is 0.601. The molecule has 2 atom stereocenters. The third kappa shape index (κ3) is 4.17. The molecule has 0 fully saturated rings. The summed E-state index contributed by atoms with van der Waals surface area (Å²) in [6.45, 7) is 0. The number of carbonyl (C=O) groups is 1. The van der Waals surface area contributed by atoms with E-state index in [1.54, 1.807) is 6.07 Å². The SMILES string of the molecule is O=C(O)Cc1cc(C(O)C(O)CCS)ccc1Cl. The van der Waals surface area contributed by atoms with Crippen LogP contribution in [0.3, 0.4) is 0 Å². The van der Waals surface area contributed by atoms with Gasteiger partial charge in [-0.05, 0) is 29.4 Å². The maximum atomic E-state index is 10.7. The van der Waals surface area contributed by atoms with E-state index in [0.717, 1.165) is 0 Å². The van der Waals surface area contributed by atoms with Gasteiger partial charge in [-0.2, -0.15) is 12.6 Å². The number of hydrogen-bond acceptors (Lipinski definition) is 4. The van der Waals surface area contributed by atoms with E-state index in [0.29, 0.717) is 28.3 Å². The highest BCUT2D eigenvalue weighted by atomic mass is 35.5. The second-order valence-electron chi connectivity index (χ2n) is 3.95. The third-order valence-corrected chi connectivity index (χ3v) is 3.17. The molecule has 0 aliphatic rings. The summed E-state index contributed by atoms with van der Waals surface area (Å²) in [5.74, 6) is -0.548. The Kier molecular flexibility index (Phi) is 5.95. The summed E-state index contributed by atoms with van der Waals surface area (Å²) in [4.78, 5) is 10.7. The van der Waals surface area contributed by atoms with Crippen molar-refractivity contribution in [3.05, 3.63) is 34.3 Å². The van der Waals surface area contributed by atoms with E-state index in [4.69, 9.17) is 16.7 Å². The van der Waals surface area contributed by atoms with Crippen LogP contribution in [0, 0.1) is 0 Å². The van der Waals surface area contributed by atoms with Gasteiger partial charge >= 0.3 is 5.97 Å². The summed E-state index contributed by atoms with van der Waals surface area (Å²) in [7, 11) is 0. The van der Waals surface area contributed by atoms with Crippen molar-refractivity contribution < 1.29 is 20.1 Å². The van der Waals surface area contributed by atoms with Crippen molar-refractivity contribution in [2.45, 2.75) is 25.0 Å². The maximum absolute atomic E-state index is 10.7. The van der Waals surface area contributed by atoms with E-state index >= 15 is 0 Å². The van der Waals surface area contributed by atoms with Crippen LogP contribution in [0.2, 0.25) is 5.02 Å². The Bertz CT molecular complexity index is 425. The Hall–Kier alpha value is -0.750. The van der Waals surface area contributed by atoms with Crippen molar-refractivity contribution >= 4 is 30.2 Å². The summed E-state index contributed by atoms with van der Waals surface area (Å²) in [6, 6.07) is 4.59. The van der Waals surface area contributed by atoms with Crippen molar-refractivity contribution in [1.82, 2.24) is 0 Å². The topological polar surface area (TPSA) is 77.8 Å². The molecular formula is C12H15ClO4S. The van der Waals surface area contributed by atoms with Gasteiger partial charge in [0.05, 0.1) is 12.5 Å². The highest BCUT2D eigenvalue weighted by Gasteiger charge is 2.19. The van der Waals surface area contributed by atoms with Gasteiger partial charge in [0.2, 0.25) is 0 Å². The van der Waals surface area contributed by atoms with Crippen LogP contribution in [0.1, 0.15) is 23.7 Å². The molecule has 0 aliphatic carbocycles. The van der Waals surface area contributed by atoms with Gasteiger partial charge in [-0.15, -0.1) is 0 Å². The molecule has 0 saturated heterocycles. The Balaban J connectivity index is 2.93. The fraction of sp³-hybridized carbons (Fsp3) is 0.417.